The highest BCUT2D eigenvalue weighted by atomic mass is 16.6. The van der Waals surface area contributed by atoms with Gasteiger partial charge in [0.25, 0.3) is 5.91 Å². The molecule has 2 atom stereocenters. The van der Waals surface area contributed by atoms with Gasteiger partial charge in [-0.05, 0) is 38.0 Å². The summed E-state index contributed by atoms with van der Waals surface area (Å²) < 4.78 is 16.2. The van der Waals surface area contributed by atoms with Crippen molar-refractivity contribution in [1.82, 2.24) is 15.1 Å². The van der Waals surface area contributed by atoms with Gasteiger partial charge in [-0.3, -0.25) is 14.7 Å². The van der Waals surface area contributed by atoms with Gasteiger partial charge >= 0.3 is 6.09 Å². The number of aromatic nitrogens is 2. The number of ether oxygens (including phenoxy) is 3. The summed E-state index contributed by atoms with van der Waals surface area (Å²) in [5.41, 5.74) is 0.794. The highest BCUT2D eigenvalue weighted by molar-refractivity contribution is 5.91. The molecule has 11 heteroatoms. The van der Waals surface area contributed by atoms with E-state index in [1.54, 1.807) is 6.07 Å². The summed E-state index contributed by atoms with van der Waals surface area (Å²) in [6.45, 7) is 0.428. The van der Waals surface area contributed by atoms with E-state index in [1.165, 1.54) is 19.2 Å². The van der Waals surface area contributed by atoms with E-state index < -0.39 is 12.5 Å². The number of carbonyl (C=O) groups is 3. The number of nitrogens with zero attached hydrogens (tertiary/aromatic N) is 2. The predicted octanol–water partition coefficient (Wildman–Crippen LogP) is 2.82. The number of phenolic OH excluding ortho intramolecular Hbond substituents is 1. The molecule has 1 aromatic carbocycles. The molecule has 2 aromatic rings. The number of fused-ring (bicyclic) bond motifs is 1. The Labute approximate surface area is 201 Å². The average molecular weight is 485 g/mol. The molecule has 35 heavy (non-hydrogen) atoms. The molecule has 1 aromatic heterocycles. The van der Waals surface area contributed by atoms with E-state index in [4.69, 9.17) is 14.2 Å². The number of amides is 2. The minimum Gasteiger partial charge on any atom is -0.507 e. The minimum absolute atomic E-state index is 0.0346. The van der Waals surface area contributed by atoms with Gasteiger partial charge in [0.05, 0.1) is 12.7 Å². The Hall–Kier alpha value is -3.76. The Kier molecular flexibility index (Phi) is 6.23. The van der Waals surface area contributed by atoms with Crippen LogP contribution in [-0.4, -0.2) is 70.9 Å². The Morgan fingerprint density at radius 3 is 2.80 bits per heavy atom. The normalized spacial score (nSPS) is 24.5. The number of H-pyrrole nitrogens is 1. The number of methoxy groups -OCH3 is 1. The lowest BCUT2D eigenvalue weighted by molar-refractivity contribution is -0.118. The molecule has 4 aliphatic rings. The van der Waals surface area contributed by atoms with Crippen LogP contribution in [0.1, 0.15) is 54.1 Å². The van der Waals surface area contributed by atoms with Gasteiger partial charge in [0.1, 0.15) is 23.4 Å². The molecule has 4 fully saturated rings. The van der Waals surface area contributed by atoms with Crippen molar-refractivity contribution in [3.63, 3.8) is 0 Å². The molecule has 0 unspecified atom stereocenters. The number of carbonyl (C=O) groups excluding carboxylic acids is 3. The summed E-state index contributed by atoms with van der Waals surface area (Å²) in [5.74, 6) is 0.696. The molecule has 0 radical (unpaired) electrons. The van der Waals surface area contributed by atoms with Crippen LogP contribution in [0.15, 0.2) is 18.2 Å². The maximum atomic E-state index is 12.4. The fourth-order valence-corrected chi connectivity index (χ4v) is 5.17. The zero-order valence-electron chi connectivity index (χ0n) is 19.4. The molecule has 0 spiro atoms. The molecule has 3 heterocycles. The van der Waals surface area contributed by atoms with Gasteiger partial charge in [-0.25, -0.2) is 4.79 Å². The summed E-state index contributed by atoms with van der Waals surface area (Å²) >= 11 is 0. The molecule has 11 nitrogen and oxygen atoms in total. The number of aromatic hydroxyl groups is 1. The van der Waals surface area contributed by atoms with Crippen LogP contribution >= 0.6 is 0 Å². The van der Waals surface area contributed by atoms with Gasteiger partial charge in [-0.2, -0.15) is 5.10 Å². The van der Waals surface area contributed by atoms with E-state index >= 15 is 0 Å². The van der Waals surface area contributed by atoms with E-state index in [2.05, 4.69) is 15.5 Å². The zero-order valence-corrected chi connectivity index (χ0v) is 19.4. The summed E-state index contributed by atoms with van der Waals surface area (Å²) in [6, 6.07) is 4.83. The van der Waals surface area contributed by atoms with Gasteiger partial charge in [0.2, 0.25) is 0 Å². The second kappa shape index (κ2) is 9.47. The zero-order chi connectivity index (χ0) is 24.5. The van der Waals surface area contributed by atoms with Crippen LogP contribution in [0.25, 0.3) is 0 Å². The molecule has 3 N–H and O–H groups in total. The van der Waals surface area contributed by atoms with Gasteiger partial charge < -0.3 is 29.5 Å². The number of nitrogens with one attached hydrogen (secondary N) is 2. The number of benzene rings is 1. The van der Waals surface area contributed by atoms with Crippen LogP contribution in [0.3, 0.4) is 0 Å². The first-order valence-corrected chi connectivity index (χ1v) is 11.7. The topological polar surface area (TPSA) is 143 Å². The number of aromatic amines is 1. The number of hydrogen-bond acceptors (Lipinski definition) is 8. The SMILES string of the molecule is COc1cc(O)c(C=O)c(OCC(=O)Nc2cc([C@H]3CC[C@@H](OC(=O)N4CC5CC4C5)C3)[nH]n2)c1. The quantitative estimate of drug-likeness (QED) is 0.486. The van der Waals surface area contributed by atoms with E-state index in [0.29, 0.717) is 30.5 Å². The van der Waals surface area contributed by atoms with Crippen molar-refractivity contribution < 1.29 is 33.7 Å². The maximum absolute atomic E-state index is 12.4. The average Bonchev–Trinajstić information content (AvgIpc) is 3.60. The van der Waals surface area contributed by atoms with E-state index in [9.17, 15) is 19.5 Å². The Balaban J connectivity index is 1.11. The van der Waals surface area contributed by atoms with Gasteiger partial charge in [-0.1, -0.05) is 0 Å². The third kappa shape index (κ3) is 4.75. The molecule has 2 saturated heterocycles. The Morgan fingerprint density at radius 2 is 2.09 bits per heavy atom. The van der Waals surface area contributed by atoms with Crippen molar-refractivity contribution >= 4 is 24.1 Å². The fraction of sp³-hybridized carbons (Fsp3) is 0.500. The second-order valence-corrected chi connectivity index (χ2v) is 9.38. The largest absolute Gasteiger partial charge is 0.507 e. The van der Waals surface area contributed by atoms with Crippen molar-refractivity contribution in [3.05, 3.63) is 29.5 Å². The fourth-order valence-electron chi connectivity index (χ4n) is 5.17. The number of hydrogen-bond donors (Lipinski definition) is 3. The van der Waals surface area contributed by atoms with Crippen LogP contribution in [0.4, 0.5) is 10.6 Å². The summed E-state index contributed by atoms with van der Waals surface area (Å²) in [5, 5.41) is 19.7. The highest BCUT2D eigenvalue weighted by Crippen LogP contribution is 2.42. The first-order valence-electron chi connectivity index (χ1n) is 11.7. The molecule has 2 aliphatic carbocycles. The lowest BCUT2D eigenvalue weighted by atomic mass is 9.86. The molecule has 2 bridgehead atoms. The summed E-state index contributed by atoms with van der Waals surface area (Å²) in [7, 11) is 1.41. The van der Waals surface area contributed by atoms with E-state index in [-0.39, 0.29) is 40.9 Å². The maximum Gasteiger partial charge on any atom is 0.410 e. The Morgan fingerprint density at radius 1 is 1.26 bits per heavy atom. The van der Waals surface area contributed by atoms with Gasteiger partial charge in [-0.15, -0.1) is 0 Å². The monoisotopic (exact) mass is 484 g/mol. The summed E-state index contributed by atoms with van der Waals surface area (Å²) in [4.78, 5) is 37.9. The molecule has 2 amide bonds. The van der Waals surface area contributed by atoms with Crippen LogP contribution in [0.2, 0.25) is 0 Å². The number of aldehydes is 1. The van der Waals surface area contributed by atoms with Crippen molar-refractivity contribution in [3.8, 4) is 17.2 Å². The number of phenols is 1. The summed E-state index contributed by atoms with van der Waals surface area (Å²) in [6.07, 6.45) is 4.71. The van der Waals surface area contributed by atoms with Crippen LogP contribution in [-0.2, 0) is 9.53 Å². The van der Waals surface area contributed by atoms with E-state index in [1.807, 2.05) is 4.90 Å². The third-order valence-electron chi connectivity index (χ3n) is 7.10. The minimum atomic E-state index is -0.482. The van der Waals surface area contributed by atoms with E-state index in [0.717, 1.165) is 37.9 Å². The molecular weight excluding hydrogens is 456 g/mol. The lowest BCUT2D eigenvalue weighted by Crippen LogP contribution is -2.36. The van der Waals surface area contributed by atoms with Gasteiger partial charge in [0, 0.05) is 42.4 Å². The molecule has 2 aliphatic heterocycles. The van der Waals surface area contributed by atoms with Crippen LogP contribution in [0, 0.1) is 5.92 Å². The molecule has 186 valence electrons. The van der Waals surface area contributed by atoms with Crippen molar-refractivity contribution in [1.29, 1.82) is 0 Å². The van der Waals surface area contributed by atoms with Crippen LogP contribution < -0.4 is 14.8 Å². The standard InChI is InChI=1S/C24H28N4O7/c1-33-17-7-20(30)18(11-29)21(8-17)34-12-23(31)25-22-9-19(26-27-22)14-2-3-16(6-14)35-24(32)28-10-13-4-15(28)5-13/h7-9,11,13-16,30H,2-6,10,12H2,1H3,(H2,25,26,27,31)/t13?,14-,15?,16+/m0/s1. The third-order valence-corrected chi connectivity index (χ3v) is 7.10. The predicted molar refractivity (Wildman–Crippen MR) is 123 cm³/mol. The Bertz CT molecular complexity index is 1130. The van der Waals surface area contributed by atoms with Gasteiger partial charge in [0.15, 0.2) is 18.7 Å². The van der Waals surface area contributed by atoms with Crippen molar-refractivity contribution in [2.75, 3.05) is 25.6 Å². The highest BCUT2D eigenvalue weighted by Gasteiger charge is 2.46. The first-order chi connectivity index (χ1) is 16.9. The molecule has 2 saturated carbocycles. The second-order valence-electron chi connectivity index (χ2n) is 9.38. The smallest absolute Gasteiger partial charge is 0.410 e. The number of anilines is 1. The lowest BCUT2D eigenvalue weighted by Gasteiger charge is -2.26. The van der Waals surface area contributed by atoms with Crippen LogP contribution in [0.5, 0.6) is 17.2 Å². The molecular formula is C24H28N4O7. The molecule has 6 rings (SSSR count). The van der Waals surface area contributed by atoms with Crippen molar-refractivity contribution in [2.24, 2.45) is 5.92 Å². The first kappa shape index (κ1) is 23.0. The van der Waals surface area contributed by atoms with Crippen molar-refractivity contribution in [2.45, 2.75) is 50.2 Å². The number of rotatable bonds is 8.